The second kappa shape index (κ2) is 8.40. The quantitative estimate of drug-likeness (QED) is 0.834. The molecule has 0 spiro atoms. The summed E-state index contributed by atoms with van der Waals surface area (Å²) in [7, 11) is 1.77. The zero-order valence-electron chi connectivity index (χ0n) is 13.8. The molecule has 1 aromatic rings. The number of hydrogen-bond donors (Lipinski definition) is 1. The average molecular weight is 290 g/mol. The summed E-state index contributed by atoms with van der Waals surface area (Å²) in [5.74, 6) is 1.81. The maximum Gasteiger partial charge on any atom is 0.123 e. The smallest absolute Gasteiger partial charge is 0.123 e. The average Bonchev–Trinajstić information content (AvgIpc) is 2.49. The van der Waals surface area contributed by atoms with Gasteiger partial charge in [0, 0.05) is 18.7 Å². The lowest BCUT2D eigenvalue weighted by atomic mass is 9.98. The molecule has 0 bridgehead atoms. The minimum absolute atomic E-state index is 0.793. The van der Waals surface area contributed by atoms with E-state index in [1.807, 2.05) is 0 Å². The van der Waals surface area contributed by atoms with Gasteiger partial charge in [-0.15, -0.1) is 0 Å². The molecule has 0 saturated carbocycles. The summed E-state index contributed by atoms with van der Waals surface area (Å²) >= 11 is 0. The van der Waals surface area contributed by atoms with E-state index in [1.54, 1.807) is 7.11 Å². The molecule has 3 heteroatoms. The summed E-state index contributed by atoms with van der Waals surface area (Å²) in [6.07, 6.45) is 3.88. The van der Waals surface area contributed by atoms with Gasteiger partial charge >= 0.3 is 0 Å². The standard InChI is InChI=1S/C18H30N2O/c1-4-10-20(13-16-6-5-9-19-12-16)14-17-11-15(2)7-8-18(17)21-3/h7-8,11,16,19H,4-6,9-10,12-14H2,1-3H3. The molecule has 21 heavy (non-hydrogen) atoms. The molecular weight excluding hydrogens is 260 g/mol. The van der Waals surface area contributed by atoms with E-state index in [1.165, 1.54) is 50.0 Å². The molecule has 0 amide bonds. The van der Waals surface area contributed by atoms with Crippen LogP contribution in [0.1, 0.15) is 37.3 Å². The Balaban J connectivity index is 2.02. The highest BCUT2D eigenvalue weighted by atomic mass is 16.5. The molecular formula is C18H30N2O. The minimum Gasteiger partial charge on any atom is -0.496 e. The number of nitrogens with zero attached hydrogens (tertiary/aromatic N) is 1. The molecule has 1 aliphatic heterocycles. The zero-order chi connectivity index (χ0) is 15.1. The van der Waals surface area contributed by atoms with E-state index >= 15 is 0 Å². The first-order chi connectivity index (χ1) is 10.2. The van der Waals surface area contributed by atoms with Gasteiger partial charge in [-0.05, 0) is 57.8 Å². The highest BCUT2D eigenvalue weighted by Crippen LogP contribution is 2.22. The molecule has 1 fully saturated rings. The number of aryl methyl sites for hydroxylation is 1. The third-order valence-electron chi connectivity index (χ3n) is 4.29. The number of hydrogen-bond acceptors (Lipinski definition) is 3. The van der Waals surface area contributed by atoms with Gasteiger partial charge in [0.1, 0.15) is 5.75 Å². The van der Waals surface area contributed by atoms with Crippen molar-refractivity contribution in [1.82, 2.24) is 10.2 Å². The van der Waals surface area contributed by atoms with Crippen LogP contribution in [0.25, 0.3) is 0 Å². The van der Waals surface area contributed by atoms with Gasteiger partial charge in [0.15, 0.2) is 0 Å². The predicted molar refractivity (Wildman–Crippen MR) is 88.9 cm³/mol. The lowest BCUT2D eigenvalue weighted by Crippen LogP contribution is -2.38. The maximum atomic E-state index is 5.53. The molecule has 0 radical (unpaired) electrons. The summed E-state index contributed by atoms with van der Waals surface area (Å²) in [5, 5.41) is 3.53. The van der Waals surface area contributed by atoms with Gasteiger partial charge in [-0.3, -0.25) is 4.90 Å². The van der Waals surface area contributed by atoms with Crippen LogP contribution in [0.15, 0.2) is 18.2 Å². The maximum absolute atomic E-state index is 5.53. The third-order valence-corrected chi connectivity index (χ3v) is 4.29. The highest BCUT2D eigenvalue weighted by molar-refractivity contribution is 5.36. The van der Waals surface area contributed by atoms with Crippen LogP contribution in [0, 0.1) is 12.8 Å². The summed E-state index contributed by atoms with van der Waals surface area (Å²) in [6, 6.07) is 6.48. The van der Waals surface area contributed by atoms with E-state index in [4.69, 9.17) is 4.74 Å². The molecule has 1 aromatic carbocycles. The first-order valence-electron chi connectivity index (χ1n) is 8.29. The molecule has 1 aliphatic rings. The molecule has 1 saturated heterocycles. The SMILES string of the molecule is CCCN(Cc1cc(C)ccc1OC)CC1CCCNC1. The van der Waals surface area contributed by atoms with Gasteiger partial charge in [0.05, 0.1) is 7.11 Å². The molecule has 1 atom stereocenters. The van der Waals surface area contributed by atoms with Crippen LogP contribution in [0.4, 0.5) is 0 Å². The van der Waals surface area contributed by atoms with Gasteiger partial charge in [-0.25, -0.2) is 0 Å². The van der Waals surface area contributed by atoms with E-state index in [2.05, 4.69) is 42.3 Å². The third kappa shape index (κ3) is 5.01. The molecule has 1 N–H and O–H groups in total. The van der Waals surface area contributed by atoms with E-state index in [9.17, 15) is 0 Å². The van der Waals surface area contributed by atoms with Gasteiger partial charge in [0.2, 0.25) is 0 Å². The number of rotatable bonds is 7. The molecule has 1 unspecified atom stereocenters. The van der Waals surface area contributed by atoms with E-state index in [0.29, 0.717) is 0 Å². The van der Waals surface area contributed by atoms with Gasteiger partial charge in [0.25, 0.3) is 0 Å². The van der Waals surface area contributed by atoms with Crippen molar-refractivity contribution in [2.24, 2.45) is 5.92 Å². The lowest BCUT2D eigenvalue weighted by Gasteiger charge is -2.30. The van der Waals surface area contributed by atoms with Crippen LogP contribution in [-0.2, 0) is 6.54 Å². The van der Waals surface area contributed by atoms with Crippen molar-refractivity contribution < 1.29 is 4.74 Å². The largest absolute Gasteiger partial charge is 0.496 e. The Morgan fingerprint density at radius 1 is 1.38 bits per heavy atom. The number of nitrogens with one attached hydrogen (secondary N) is 1. The Morgan fingerprint density at radius 2 is 2.24 bits per heavy atom. The van der Waals surface area contributed by atoms with E-state index < -0.39 is 0 Å². The minimum atomic E-state index is 0.793. The summed E-state index contributed by atoms with van der Waals surface area (Å²) < 4.78 is 5.53. The van der Waals surface area contributed by atoms with Crippen molar-refractivity contribution in [1.29, 1.82) is 0 Å². The fourth-order valence-electron chi connectivity index (χ4n) is 3.27. The van der Waals surface area contributed by atoms with Crippen molar-refractivity contribution in [2.75, 3.05) is 33.3 Å². The fourth-order valence-corrected chi connectivity index (χ4v) is 3.27. The first kappa shape index (κ1) is 16.3. The number of piperidine rings is 1. The van der Waals surface area contributed by atoms with Crippen molar-refractivity contribution >= 4 is 0 Å². The second-order valence-electron chi connectivity index (χ2n) is 6.26. The Bertz CT molecular complexity index is 427. The molecule has 118 valence electrons. The highest BCUT2D eigenvalue weighted by Gasteiger charge is 2.17. The summed E-state index contributed by atoms with van der Waals surface area (Å²) in [4.78, 5) is 2.59. The van der Waals surface area contributed by atoms with Crippen LogP contribution >= 0.6 is 0 Å². The number of ether oxygens (including phenoxy) is 1. The Kier molecular flexibility index (Phi) is 6.52. The number of methoxy groups -OCH3 is 1. The van der Waals surface area contributed by atoms with Crippen LogP contribution in [0.2, 0.25) is 0 Å². The van der Waals surface area contributed by atoms with Crippen LogP contribution in [-0.4, -0.2) is 38.2 Å². The Labute approximate surface area is 129 Å². The zero-order valence-corrected chi connectivity index (χ0v) is 13.8. The predicted octanol–water partition coefficient (Wildman–Crippen LogP) is 3.22. The summed E-state index contributed by atoms with van der Waals surface area (Å²) in [5.41, 5.74) is 2.62. The molecule has 1 heterocycles. The summed E-state index contributed by atoms with van der Waals surface area (Å²) in [6.45, 7) is 10.1. The topological polar surface area (TPSA) is 24.5 Å². The Hall–Kier alpha value is -1.06. The number of benzene rings is 1. The lowest BCUT2D eigenvalue weighted by molar-refractivity contribution is 0.199. The van der Waals surface area contributed by atoms with Crippen molar-refractivity contribution in [2.45, 2.75) is 39.7 Å². The second-order valence-corrected chi connectivity index (χ2v) is 6.26. The van der Waals surface area contributed by atoms with Crippen molar-refractivity contribution in [3.8, 4) is 5.75 Å². The first-order valence-corrected chi connectivity index (χ1v) is 8.29. The van der Waals surface area contributed by atoms with Gasteiger partial charge < -0.3 is 10.1 Å². The normalized spacial score (nSPS) is 19.0. The molecule has 0 aromatic heterocycles. The van der Waals surface area contributed by atoms with Crippen molar-refractivity contribution in [3.05, 3.63) is 29.3 Å². The van der Waals surface area contributed by atoms with Gasteiger partial charge in [-0.2, -0.15) is 0 Å². The van der Waals surface area contributed by atoms with E-state index in [0.717, 1.165) is 24.8 Å². The van der Waals surface area contributed by atoms with Crippen LogP contribution in [0.5, 0.6) is 5.75 Å². The Morgan fingerprint density at radius 3 is 2.90 bits per heavy atom. The van der Waals surface area contributed by atoms with E-state index in [-0.39, 0.29) is 0 Å². The van der Waals surface area contributed by atoms with Gasteiger partial charge in [-0.1, -0.05) is 24.6 Å². The molecule has 3 nitrogen and oxygen atoms in total. The van der Waals surface area contributed by atoms with Crippen molar-refractivity contribution in [3.63, 3.8) is 0 Å². The molecule has 2 rings (SSSR count). The van der Waals surface area contributed by atoms with Crippen LogP contribution < -0.4 is 10.1 Å². The monoisotopic (exact) mass is 290 g/mol. The molecule has 0 aliphatic carbocycles. The van der Waals surface area contributed by atoms with Crippen LogP contribution in [0.3, 0.4) is 0 Å². The fraction of sp³-hybridized carbons (Fsp3) is 0.667.